The third-order valence-electron chi connectivity index (χ3n) is 4.47. The molecule has 0 bridgehead atoms. The van der Waals surface area contributed by atoms with E-state index < -0.39 is 11.8 Å². The van der Waals surface area contributed by atoms with Gasteiger partial charge in [0.2, 0.25) is 0 Å². The Bertz CT molecular complexity index is 664. The Labute approximate surface area is 145 Å². The highest BCUT2D eigenvalue weighted by atomic mass is 16.5. The van der Waals surface area contributed by atoms with Crippen LogP contribution in [0, 0.1) is 0 Å². The number of hydrogen-bond donors (Lipinski definition) is 1. The molecule has 0 aromatic heterocycles. The third-order valence-corrected chi connectivity index (χ3v) is 4.47. The average Bonchev–Trinajstić information content (AvgIpc) is 2.67. The molecule has 2 aliphatic rings. The summed E-state index contributed by atoms with van der Waals surface area (Å²) in [5.74, 6) is -1.38. The molecule has 0 spiro atoms. The smallest absolute Gasteiger partial charge is 0.312 e. The molecule has 3 rings (SSSR count). The molecule has 0 saturated carbocycles. The second kappa shape index (κ2) is 7.52. The van der Waals surface area contributed by atoms with Crippen LogP contribution >= 0.6 is 0 Å². The molecule has 1 aromatic carbocycles. The van der Waals surface area contributed by atoms with E-state index >= 15 is 0 Å². The van der Waals surface area contributed by atoms with Crippen molar-refractivity contribution >= 4 is 17.7 Å². The van der Waals surface area contributed by atoms with Crippen molar-refractivity contribution in [3.8, 4) is 5.75 Å². The largest absolute Gasteiger partial charge is 0.507 e. The van der Waals surface area contributed by atoms with Gasteiger partial charge in [0.1, 0.15) is 5.75 Å². The molecule has 1 aromatic rings. The van der Waals surface area contributed by atoms with Crippen molar-refractivity contribution in [1.82, 2.24) is 14.7 Å². The van der Waals surface area contributed by atoms with E-state index in [0.29, 0.717) is 52.5 Å². The lowest BCUT2D eigenvalue weighted by molar-refractivity contribution is -0.154. The molecular weight excluding hydrogens is 326 g/mol. The van der Waals surface area contributed by atoms with Gasteiger partial charge in [-0.05, 0) is 12.1 Å². The Morgan fingerprint density at radius 3 is 1.92 bits per heavy atom. The first-order chi connectivity index (χ1) is 12.1. The molecule has 2 fully saturated rings. The molecule has 2 heterocycles. The monoisotopic (exact) mass is 347 g/mol. The van der Waals surface area contributed by atoms with Crippen LogP contribution in [0.15, 0.2) is 24.3 Å². The van der Waals surface area contributed by atoms with Crippen LogP contribution in [0.4, 0.5) is 0 Å². The number of para-hydroxylation sites is 1. The molecule has 0 atom stereocenters. The van der Waals surface area contributed by atoms with E-state index in [0.717, 1.165) is 0 Å². The lowest BCUT2D eigenvalue weighted by atomic mass is 10.1. The van der Waals surface area contributed by atoms with Gasteiger partial charge in [0, 0.05) is 39.3 Å². The number of morpholine rings is 1. The van der Waals surface area contributed by atoms with Crippen molar-refractivity contribution in [2.24, 2.45) is 0 Å². The number of piperazine rings is 1. The van der Waals surface area contributed by atoms with Crippen LogP contribution in [0.5, 0.6) is 5.75 Å². The van der Waals surface area contributed by atoms with Crippen LogP contribution in [-0.4, -0.2) is 90.0 Å². The highest BCUT2D eigenvalue weighted by Crippen LogP contribution is 2.19. The Morgan fingerprint density at radius 2 is 1.32 bits per heavy atom. The first kappa shape index (κ1) is 17.2. The lowest BCUT2D eigenvalue weighted by Crippen LogP contribution is -2.55. The molecule has 0 radical (unpaired) electrons. The van der Waals surface area contributed by atoms with E-state index in [-0.39, 0.29) is 17.2 Å². The zero-order valence-corrected chi connectivity index (χ0v) is 13.9. The van der Waals surface area contributed by atoms with E-state index in [9.17, 15) is 19.5 Å². The van der Waals surface area contributed by atoms with Gasteiger partial charge in [-0.1, -0.05) is 12.1 Å². The molecule has 8 heteroatoms. The molecule has 25 heavy (non-hydrogen) atoms. The summed E-state index contributed by atoms with van der Waals surface area (Å²) in [4.78, 5) is 41.6. The van der Waals surface area contributed by atoms with Crippen molar-refractivity contribution in [2.75, 3.05) is 52.5 Å². The van der Waals surface area contributed by atoms with Gasteiger partial charge in [-0.3, -0.25) is 14.4 Å². The molecule has 8 nitrogen and oxygen atoms in total. The van der Waals surface area contributed by atoms with Gasteiger partial charge < -0.3 is 24.5 Å². The number of phenolic OH excluding ortho intramolecular Hbond substituents is 1. The standard InChI is InChI=1S/C17H21N3O5/c21-14-4-2-1-3-13(14)15(22)18-5-7-19(8-6-18)16(23)17(24)20-9-11-25-12-10-20/h1-4,21H,5-12H2. The summed E-state index contributed by atoms with van der Waals surface area (Å²) in [7, 11) is 0. The highest BCUT2D eigenvalue weighted by molar-refractivity contribution is 6.34. The Hall–Kier alpha value is -2.61. The zero-order valence-electron chi connectivity index (χ0n) is 13.9. The summed E-state index contributed by atoms with van der Waals surface area (Å²) in [6.07, 6.45) is 0. The van der Waals surface area contributed by atoms with Crippen molar-refractivity contribution in [3.63, 3.8) is 0 Å². The molecule has 3 amide bonds. The fourth-order valence-corrected chi connectivity index (χ4v) is 2.97. The topological polar surface area (TPSA) is 90.4 Å². The number of rotatable bonds is 1. The number of benzene rings is 1. The molecule has 2 saturated heterocycles. The normalized spacial score (nSPS) is 18.2. The first-order valence-electron chi connectivity index (χ1n) is 8.31. The number of ether oxygens (including phenoxy) is 1. The second-order valence-corrected chi connectivity index (χ2v) is 6.01. The molecule has 134 valence electrons. The fraction of sp³-hybridized carbons (Fsp3) is 0.471. The van der Waals surface area contributed by atoms with Gasteiger partial charge in [-0.2, -0.15) is 0 Å². The van der Waals surface area contributed by atoms with Crippen LogP contribution in [-0.2, 0) is 14.3 Å². The predicted octanol–water partition coefficient (Wildman–Crippen LogP) is -0.465. The van der Waals surface area contributed by atoms with Crippen LogP contribution < -0.4 is 0 Å². The van der Waals surface area contributed by atoms with Gasteiger partial charge in [-0.25, -0.2) is 0 Å². The number of nitrogens with zero attached hydrogens (tertiary/aromatic N) is 3. The van der Waals surface area contributed by atoms with Crippen LogP contribution in [0.3, 0.4) is 0 Å². The minimum Gasteiger partial charge on any atom is -0.507 e. The maximum Gasteiger partial charge on any atom is 0.312 e. The van der Waals surface area contributed by atoms with Gasteiger partial charge in [-0.15, -0.1) is 0 Å². The minimum atomic E-state index is -0.531. The molecule has 0 aliphatic carbocycles. The van der Waals surface area contributed by atoms with Gasteiger partial charge in [0.25, 0.3) is 5.91 Å². The highest BCUT2D eigenvalue weighted by Gasteiger charge is 2.31. The summed E-state index contributed by atoms with van der Waals surface area (Å²) >= 11 is 0. The average molecular weight is 347 g/mol. The summed E-state index contributed by atoms with van der Waals surface area (Å²) in [6, 6.07) is 6.37. The van der Waals surface area contributed by atoms with Gasteiger partial charge in [0.15, 0.2) is 0 Å². The Kier molecular flexibility index (Phi) is 5.18. The molecule has 0 unspecified atom stereocenters. The number of carbonyl (C=O) groups excluding carboxylic acids is 3. The maximum atomic E-state index is 12.5. The van der Waals surface area contributed by atoms with E-state index in [1.54, 1.807) is 23.1 Å². The first-order valence-corrected chi connectivity index (χ1v) is 8.31. The molecular formula is C17H21N3O5. The van der Waals surface area contributed by atoms with Crippen LogP contribution in [0.1, 0.15) is 10.4 Å². The van der Waals surface area contributed by atoms with E-state index in [4.69, 9.17) is 4.74 Å². The SMILES string of the molecule is O=C(C(=O)N1CCN(C(=O)c2ccccc2O)CC1)N1CCOCC1. The van der Waals surface area contributed by atoms with E-state index in [1.807, 2.05) is 0 Å². The maximum absolute atomic E-state index is 12.5. The summed E-state index contributed by atoms with van der Waals surface area (Å²) < 4.78 is 5.18. The van der Waals surface area contributed by atoms with Crippen molar-refractivity contribution < 1.29 is 24.2 Å². The van der Waals surface area contributed by atoms with Crippen LogP contribution in [0.2, 0.25) is 0 Å². The van der Waals surface area contributed by atoms with Crippen LogP contribution in [0.25, 0.3) is 0 Å². The molecule has 2 aliphatic heterocycles. The Balaban J connectivity index is 1.56. The van der Waals surface area contributed by atoms with Crippen molar-refractivity contribution in [1.29, 1.82) is 0 Å². The summed E-state index contributed by atoms with van der Waals surface area (Å²) in [5, 5.41) is 9.80. The van der Waals surface area contributed by atoms with Gasteiger partial charge in [0.05, 0.1) is 18.8 Å². The quantitative estimate of drug-likeness (QED) is 0.694. The lowest BCUT2D eigenvalue weighted by Gasteiger charge is -2.36. The molecule has 1 N–H and O–H groups in total. The van der Waals surface area contributed by atoms with Gasteiger partial charge >= 0.3 is 11.8 Å². The Morgan fingerprint density at radius 1 is 0.800 bits per heavy atom. The zero-order chi connectivity index (χ0) is 17.8. The summed E-state index contributed by atoms with van der Waals surface area (Å²) in [6.45, 7) is 3.00. The number of carbonyl (C=O) groups is 3. The number of aromatic hydroxyl groups is 1. The van der Waals surface area contributed by atoms with Crippen molar-refractivity contribution in [3.05, 3.63) is 29.8 Å². The van der Waals surface area contributed by atoms with E-state index in [2.05, 4.69) is 0 Å². The van der Waals surface area contributed by atoms with Crippen molar-refractivity contribution in [2.45, 2.75) is 0 Å². The third kappa shape index (κ3) is 3.74. The minimum absolute atomic E-state index is 0.0616. The fourth-order valence-electron chi connectivity index (χ4n) is 2.97. The second-order valence-electron chi connectivity index (χ2n) is 6.01. The van der Waals surface area contributed by atoms with E-state index in [1.165, 1.54) is 15.9 Å². The number of amides is 3. The summed E-state index contributed by atoms with van der Waals surface area (Å²) in [5.41, 5.74) is 0.242. The number of phenols is 1. The predicted molar refractivity (Wildman–Crippen MR) is 88.0 cm³/mol. The number of hydrogen-bond acceptors (Lipinski definition) is 5.